The Kier molecular flexibility index (Phi) is 3.82. The molecule has 0 unspecified atom stereocenters. The number of ketones is 1. The van der Waals surface area contributed by atoms with Gasteiger partial charge in [0, 0.05) is 42.7 Å². The maximum Gasteiger partial charge on any atom is 0.334 e. The van der Waals surface area contributed by atoms with Crippen molar-refractivity contribution in [2.45, 2.75) is 84.8 Å². The third-order valence-corrected chi connectivity index (χ3v) is 9.79. The van der Waals surface area contributed by atoms with Crippen LogP contribution in [0.4, 0.5) is 0 Å². The molecule has 4 saturated carbocycles. The molecule has 0 amide bonds. The highest BCUT2D eigenvalue weighted by atomic mass is 16.7. The van der Waals surface area contributed by atoms with Gasteiger partial charge in [0.1, 0.15) is 5.78 Å². The van der Waals surface area contributed by atoms with E-state index in [1.807, 2.05) is 0 Å². The van der Waals surface area contributed by atoms with Gasteiger partial charge in [0.15, 0.2) is 0 Å². The van der Waals surface area contributed by atoms with Gasteiger partial charge < -0.3 is 9.47 Å². The summed E-state index contributed by atoms with van der Waals surface area (Å²) in [4.78, 5) is 37.7. The molecule has 158 valence electrons. The summed E-state index contributed by atoms with van der Waals surface area (Å²) in [5.41, 5.74) is 0.717. The Morgan fingerprint density at radius 3 is 2.69 bits per heavy atom. The minimum Gasteiger partial charge on any atom is -0.418 e. The van der Waals surface area contributed by atoms with Gasteiger partial charge in [-0.25, -0.2) is 4.79 Å². The van der Waals surface area contributed by atoms with E-state index in [9.17, 15) is 14.4 Å². The zero-order valence-corrected chi connectivity index (χ0v) is 18.0. The van der Waals surface area contributed by atoms with Gasteiger partial charge in [-0.1, -0.05) is 27.2 Å². The van der Waals surface area contributed by atoms with Gasteiger partial charge >= 0.3 is 11.9 Å². The lowest BCUT2D eigenvalue weighted by molar-refractivity contribution is -0.225. The molecule has 1 heterocycles. The fourth-order valence-corrected chi connectivity index (χ4v) is 8.29. The second kappa shape index (κ2) is 5.73. The molecule has 1 aliphatic heterocycles. The SMILES string of the molecule is CC[C@@]1(C)C[C@]23C[C@H]1CC[C@H]2[C@]1(C)CC[C@@]2(OC(C)=O)OC(=O)C=C2[C@H]1CC3=O. The average molecular weight is 401 g/mol. The Bertz CT molecular complexity index is 844. The number of hydrogen-bond donors (Lipinski definition) is 0. The van der Waals surface area contributed by atoms with Crippen LogP contribution in [0.2, 0.25) is 0 Å². The number of ether oxygens (including phenoxy) is 2. The van der Waals surface area contributed by atoms with Crippen LogP contribution in [0.3, 0.4) is 0 Å². The number of fused-ring (bicyclic) bond motifs is 5. The molecule has 0 aromatic carbocycles. The quantitative estimate of drug-likeness (QED) is 0.645. The predicted octanol–water partition coefficient (Wildman–Crippen LogP) is 4.34. The standard InChI is InChI=1S/C24H32O5/c1-5-21(3)13-23-12-15(21)6-7-18(23)22(4)8-9-24(28-14(2)25)17(11-20(27)29-24)16(22)10-19(23)26/h11,15-16,18H,5-10,12-13H2,1-4H3/t15-,16-,18+,21+,22-,23-,24-/m1/s1. The number of esters is 2. The number of rotatable bonds is 2. The van der Waals surface area contributed by atoms with Gasteiger partial charge in [0.25, 0.3) is 5.79 Å². The summed E-state index contributed by atoms with van der Waals surface area (Å²) in [7, 11) is 0. The Hall–Kier alpha value is -1.65. The molecule has 7 atom stereocenters. The summed E-state index contributed by atoms with van der Waals surface area (Å²) >= 11 is 0. The van der Waals surface area contributed by atoms with Crippen molar-refractivity contribution in [1.29, 1.82) is 0 Å². The van der Waals surface area contributed by atoms with E-state index < -0.39 is 17.7 Å². The lowest BCUT2D eigenvalue weighted by Crippen LogP contribution is -2.60. The van der Waals surface area contributed by atoms with Crippen LogP contribution in [0.25, 0.3) is 0 Å². The molecule has 0 aromatic heterocycles. The van der Waals surface area contributed by atoms with Crippen molar-refractivity contribution in [1.82, 2.24) is 0 Å². The monoisotopic (exact) mass is 400 g/mol. The van der Waals surface area contributed by atoms with E-state index in [-0.39, 0.29) is 22.2 Å². The van der Waals surface area contributed by atoms with Gasteiger partial charge in [0.05, 0.1) is 0 Å². The van der Waals surface area contributed by atoms with Gasteiger partial charge in [-0.05, 0) is 54.8 Å². The second-order valence-electron chi connectivity index (χ2n) is 10.9. The topological polar surface area (TPSA) is 69.7 Å². The molecule has 0 radical (unpaired) electrons. The summed E-state index contributed by atoms with van der Waals surface area (Å²) in [6, 6.07) is 0. The maximum atomic E-state index is 13.7. The molecular weight excluding hydrogens is 368 g/mol. The number of hydrogen-bond acceptors (Lipinski definition) is 5. The second-order valence-corrected chi connectivity index (χ2v) is 10.9. The first-order valence-corrected chi connectivity index (χ1v) is 11.3. The summed E-state index contributed by atoms with van der Waals surface area (Å²) in [5.74, 6) is -0.946. The summed E-state index contributed by atoms with van der Waals surface area (Å²) in [6.45, 7) is 8.32. The molecule has 0 N–H and O–H groups in total. The third kappa shape index (κ3) is 2.30. The van der Waals surface area contributed by atoms with Crippen LogP contribution in [0.15, 0.2) is 11.6 Å². The zero-order valence-electron chi connectivity index (χ0n) is 18.0. The smallest absolute Gasteiger partial charge is 0.334 e. The molecule has 29 heavy (non-hydrogen) atoms. The zero-order chi connectivity index (χ0) is 20.8. The van der Waals surface area contributed by atoms with E-state index in [1.54, 1.807) is 0 Å². The molecule has 0 saturated heterocycles. The van der Waals surface area contributed by atoms with E-state index in [4.69, 9.17) is 9.47 Å². The Morgan fingerprint density at radius 2 is 2.00 bits per heavy atom. The summed E-state index contributed by atoms with van der Waals surface area (Å²) in [6.07, 6.45) is 8.69. The Morgan fingerprint density at radius 1 is 1.24 bits per heavy atom. The normalized spacial score (nSPS) is 50.2. The fraction of sp³-hybridized carbons (Fsp3) is 0.792. The molecule has 0 aromatic rings. The van der Waals surface area contributed by atoms with Crippen molar-refractivity contribution < 1.29 is 23.9 Å². The van der Waals surface area contributed by atoms with Crippen LogP contribution in [0, 0.1) is 34.0 Å². The maximum absolute atomic E-state index is 13.7. The van der Waals surface area contributed by atoms with Crippen LogP contribution in [-0.4, -0.2) is 23.5 Å². The molecule has 2 bridgehead atoms. The van der Waals surface area contributed by atoms with E-state index in [0.717, 1.165) is 37.7 Å². The first-order valence-electron chi connectivity index (χ1n) is 11.3. The average Bonchev–Trinajstić information content (AvgIpc) is 3.09. The van der Waals surface area contributed by atoms with Crippen molar-refractivity contribution in [3.05, 3.63) is 11.6 Å². The van der Waals surface area contributed by atoms with E-state index in [2.05, 4.69) is 20.8 Å². The van der Waals surface area contributed by atoms with Gasteiger partial charge in [-0.3, -0.25) is 9.59 Å². The highest BCUT2D eigenvalue weighted by molar-refractivity contribution is 5.90. The number of carbonyl (C=O) groups is 3. The Labute approximate surface area is 172 Å². The van der Waals surface area contributed by atoms with Crippen molar-refractivity contribution in [2.24, 2.45) is 34.0 Å². The molecule has 4 aliphatic carbocycles. The molecule has 5 heteroatoms. The number of Topliss-reactive ketones (excluding diaryl/α,β-unsaturated/α-hetero) is 1. The predicted molar refractivity (Wildman–Crippen MR) is 105 cm³/mol. The van der Waals surface area contributed by atoms with Crippen LogP contribution >= 0.6 is 0 Å². The molecular formula is C24H32O5. The van der Waals surface area contributed by atoms with Crippen LogP contribution < -0.4 is 0 Å². The summed E-state index contributed by atoms with van der Waals surface area (Å²) < 4.78 is 11.1. The van der Waals surface area contributed by atoms with Crippen LogP contribution in [0.5, 0.6) is 0 Å². The first kappa shape index (κ1) is 19.3. The highest BCUT2D eigenvalue weighted by Crippen LogP contribution is 2.73. The number of carbonyl (C=O) groups excluding carboxylic acids is 3. The molecule has 4 fully saturated rings. The van der Waals surface area contributed by atoms with Gasteiger partial charge in [-0.15, -0.1) is 0 Å². The van der Waals surface area contributed by atoms with E-state index >= 15 is 0 Å². The largest absolute Gasteiger partial charge is 0.418 e. The van der Waals surface area contributed by atoms with Crippen molar-refractivity contribution in [3.8, 4) is 0 Å². The van der Waals surface area contributed by atoms with E-state index in [1.165, 1.54) is 19.4 Å². The molecule has 1 spiro atoms. The minimum atomic E-state index is -1.29. The highest BCUT2D eigenvalue weighted by Gasteiger charge is 2.71. The molecule has 5 rings (SSSR count). The van der Waals surface area contributed by atoms with Crippen molar-refractivity contribution >= 4 is 17.7 Å². The van der Waals surface area contributed by atoms with Crippen molar-refractivity contribution in [2.75, 3.05) is 0 Å². The molecule has 5 nitrogen and oxygen atoms in total. The van der Waals surface area contributed by atoms with Crippen molar-refractivity contribution in [3.63, 3.8) is 0 Å². The van der Waals surface area contributed by atoms with Crippen LogP contribution in [-0.2, 0) is 23.9 Å². The minimum absolute atomic E-state index is 0.0681. The van der Waals surface area contributed by atoms with Gasteiger partial charge in [-0.2, -0.15) is 0 Å². The Balaban J connectivity index is 1.57. The lowest BCUT2D eigenvalue weighted by Gasteiger charge is -2.60. The van der Waals surface area contributed by atoms with Crippen LogP contribution in [0.1, 0.15) is 79.1 Å². The van der Waals surface area contributed by atoms with E-state index in [0.29, 0.717) is 30.5 Å². The van der Waals surface area contributed by atoms with Gasteiger partial charge in [0.2, 0.25) is 0 Å². The summed E-state index contributed by atoms with van der Waals surface area (Å²) in [5, 5.41) is 0. The molecule has 5 aliphatic rings. The third-order valence-electron chi connectivity index (χ3n) is 9.79. The first-order chi connectivity index (χ1) is 13.6. The lowest BCUT2D eigenvalue weighted by atomic mass is 9.43. The fourth-order valence-electron chi connectivity index (χ4n) is 8.29.